The second-order valence-corrected chi connectivity index (χ2v) is 4.94. The Morgan fingerprint density at radius 1 is 0.950 bits per heavy atom. The molecule has 1 N–H and O–H groups in total. The predicted octanol–water partition coefficient (Wildman–Crippen LogP) is 4.00. The monoisotopic (exact) mass is 280 g/mol. The minimum atomic E-state index is -1.52. The van der Waals surface area contributed by atoms with Crippen LogP contribution in [0.3, 0.4) is 0 Å². The van der Waals surface area contributed by atoms with Crippen molar-refractivity contribution in [3.8, 4) is 0 Å². The number of aryl methyl sites for hydroxylation is 2. The molecule has 1 nitrogen and oxygen atoms in total. The lowest BCUT2D eigenvalue weighted by Gasteiger charge is -2.13. The highest BCUT2D eigenvalue weighted by molar-refractivity contribution is 5.31. The van der Waals surface area contributed by atoms with E-state index in [-0.39, 0.29) is 12.0 Å². The van der Waals surface area contributed by atoms with Crippen LogP contribution in [0.2, 0.25) is 0 Å². The molecule has 4 heteroatoms. The molecule has 0 saturated heterocycles. The van der Waals surface area contributed by atoms with Gasteiger partial charge in [0.2, 0.25) is 0 Å². The minimum absolute atomic E-state index is 0.0274. The zero-order chi connectivity index (χ0) is 14.9. The Balaban J connectivity index is 2.23. The minimum Gasteiger partial charge on any atom is -0.388 e. The normalized spacial score (nSPS) is 12.5. The summed E-state index contributed by atoms with van der Waals surface area (Å²) in [5.74, 6) is -4.11. The maximum absolute atomic E-state index is 13.1. The van der Waals surface area contributed by atoms with E-state index in [1.54, 1.807) is 0 Å². The number of aliphatic hydroxyl groups excluding tert-OH is 1. The molecule has 0 radical (unpaired) electrons. The van der Waals surface area contributed by atoms with E-state index in [4.69, 9.17) is 0 Å². The fourth-order valence-electron chi connectivity index (χ4n) is 2.04. The molecule has 0 aliphatic rings. The van der Waals surface area contributed by atoms with Crippen molar-refractivity contribution < 1.29 is 18.3 Å². The van der Waals surface area contributed by atoms with Gasteiger partial charge in [-0.05, 0) is 48.2 Å². The first-order chi connectivity index (χ1) is 9.38. The van der Waals surface area contributed by atoms with Gasteiger partial charge in [-0.3, -0.25) is 0 Å². The maximum Gasteiger partial charge on any atom is 0.194 e. The van der Waals surface area contributed by atoms with Gasteiger partial charge in [-0.2, -0.15) is 0 Å². The average Bonchev–Trinajstić information content (AvgIpc) is 2.39. The number of halogens is 3. The van der Waals surface area contributed by atoms with Gasteiger partial charge in [0.05, 0.1) is 6.10 Å². The highest BCUT2D eigenvalue weighted by Crippen LogP contribution is 2.23. The summed E-state index contributed by atoms with van der Waals surface area (Å²) in [7, 11) is 0. The molecule has 2 aromatic carbocycles. The molecule has 0 aromatic heterocycles. The summed E-state index contributed by atoms with van der Waals surface area (Å²) in [6.45, 7) is 3.92. The van der Waals surface area contributed by atoms with Gasteiger partial charge in [-0.15, -0.1) is 0 Å². The Morgan fingerprint density at radius 3 is 2.10 bits per heavy atom. The molecule has 0 aliphatic heterocycles. The molecular weight excluding hydrogens is 265 g/mol. The Hall–Kier alpha value is -1.81. The first kappa shape index (κ1) is 14.6. The van der Waals surface area contributed by atoms with Gasteiger partial charge in [-0.25, -0.2) is 13.2 Å². The lowest BCUT2D eigenvalue weighted by atomic mass is 9.98. The van der Waals surface area contributed by atoms with Crippen molar-refractivity contribution in [1.82, 2.24) is 0 Å². The van der Waals surface area contributed by atoms with Gasteiger partial charge in [0.15, 0.2) is 17.5 Å². The summed E-state index contributed by atoms with van der Waals surface area (Å²) < 4.78 is 39.1. The second kappa shape index (κ2) is 5.67. The fraction of sp³-hybridized carbons (Fsp3) is 0.250. The Bertz CT molecular complexity index is 615. The van der Waals surface area contributed by atoms with E-state index in [1.165, 1.54) is 0 Å². The van der Waals surface area contributed by atoms with Crippen LogP contribution in [0.5, 0.6) is 0 Å². The van der Waals surface area contributed by atoms with Crippen LogP contribution in [0.1, 0.15) is 28.4 Å². The molecule has 0 heterocycles. The van der Waals surface area contributed by atoms with Crippen molar-refractivity contribution in [2.75, 3.05) is 0 Å². The van der Waals surface area contributed by atoms with Crippen LogP contribution in [0, 0.1) is 31.3 Å². The third kappa shape index (κ3) is 3.02. The SMILES string of the molecule is Cc1ccc(CC(O)c2cc(F)c(F)c(F)c2)cc1C. The first-order valence-electron chi connectivity index (χ1n) is 6.27. The van der Waals surface area contributed by atoms with Crippen molar-refractivity contribution in [1.29, 1.82) is 0 Å². The number of hydrogen-bond acceptors (Lipinski definition) is 1. The first-order valence-corrected chi connectivity index (χ1v) is 6.27. The summed E-state index contributed by atoms with van der Waals surface area (Å²) in [5, 5.41) is 10.0. The summed E-state index contributed by atoms with van der Waals surface area (Å²) in [6, 6.07) is 7.33. The number of aliphatic hydroxyl groups is 1. The van der Waals surface area contributed by atoms with Crippen LogP contribution in [0.25, 0.3) is 0 Å². The zero-order valence-electron chi connectivity index (χ0n) is 11.3. The second-order valence-electron chi connectivity index (χ2n) is 4.94. The molecule has 20 heavy (non-hydrogen) atoms. The van der Waals surface area contributed by atoms with Gasteiger partial charge in [-0.1, -0.05) is 18.2 Å². The highest BCUT2D eigenvalue weighted by atomic mass is 19.2. The molecule has 0 spiro atoms. The molecule has 0 saturated carbocycles. The molecule has 1 atom stereocenters. The van der Waals surface area contributed by atoms with Gasteiger partial charge in [0.1, 0.15) is 0 Å². The van der Waals surface area contributed by atoms with E-state index in [0.717, 1.165) is 28.8 Å². The smallest absolute Gasteiger partial charge is 0.194 e. The largest absolute Gasteiger partial charge is 0.388 e. The number of rotatable bonds is 3. The van der Waals surface area contributed by atoms with E-state index in [1.807, 2.05) is 32.0 Å². The number of hydrogen-bond donors (Lipinski definition) is 1. The predicted molar refractivity (Wildman–Crippen MR) is 70.9 cm³/mol. The van der Waals surface area contributed by atoms with Gasteiger partial charge in [0.25, 0.3) is 0 Å². The van der Waals surface area contributed by atoms with Gasteiger partial charge >= 0.3 is 0 Å². The van der Waals surface area contributed by atoms with E-state index >= 15 is 0 Å². The molecule has 2 aromatic rings. The van der Waals surface area contributed by atoms with Gasteiger partial charge in [0, 0.05) is 6.42 Å². The summed E-state index contributed by atoms with van der Waals surface area (Å²) in [6.07, 6.45) is -0.868. The maximum atomic E-state index is 13.1. The van der Waals surface area contributed by atoms with Crippen molar-refractivity contribution in [2.45, 2.75) is 26.4 Å². The fourth-order valence-corrected chi connectivity index (χ4v) is 2.04. The molecular formula is C16H15F3O. The molecule has 0 fully saturated rings. The Kier molecular flexibility index (Phi) is 4.14. The van der Waals surface area contributed by atoms with E-state index in [0.29, 0.717) is 0 Å². The lowest BCUT2D eigenvalue weighted by Crippen LogP contribution is -2.05. The van der Waals surface area contributed by atoms with Crippen LogP contribution in [0.15, 0.2) is 30.3 Å². The van der Waals surface area contributed by atoms with Crippen LogP contribution in [-0.4, -0.2) is 5.11 Å². The van der Waals surface area contributed by atoms with Crippen molar-refractivity contribution in [3.63, 3.8) is 0 Å². The average molecular weight is 280 g/mol. The summed E-state index contributed by atoms with van der Waals surface area (Å²) in [4.78, 5) is 0. The Labute approximate surface area is 115 Å². The standard InChI is InChI=1S/C16H15F3O/c1-9-3-4-11(5-10(9)2)6-15(20)12-7-13(17)16(19)14(18)8-12/h3-5,7-8,15,20H,6H2,1-2H3. The van der Waals surface area contributed by atoms with Crippen LogP contribution >= 0.6 is 0 Å². The van der Waals surface area contributed by atoms with E-state index in [9.17, 15) is 18.3 Å². The molecule has 0 amide bonds. The highest BCUT2D eigenvalue weighted by Gasteiger charge is 2.16. The van der Waals surface area contributed by atoms with Crippen LogP contribution in [-0.2, 0) is 6.42 Å². The molecule has 0 aliphatic carbocycles. The van der Waals surface area contributed by atoms with Crippen molar-refractivity contribution in [2.24, 2.45) is 0 Å². The Morgan fingerprint density at radius 2 is 1.55 bits per heavy atom. The summed E-state index contributed by atoms with van der Waals surface area (Å²) in [5.41, 5.74) is 3.08. The third-order valence-corrected chi connectivity index (χ3v) is 3.39. The third-order valence-electron chi connectivity index (χ3n) is 3.39. The topological polar surface area (TPSA) is 20.2 Å². The summed E-state index contributed by atoms with van der Waals surface area (Å²) >= 11 is 0. The molecule has 1 unspecified atom stereocenters. The quantitative estimate of drug-likeness (QED) is 0.843. The number of benzene rings is 2. The van der Waals surface area contributed by atoms with Crippen molar-refractivity contribution in [3.05, 3.63) is 70.0 Å². The zero-order valence-corrected chi connectivity index (χ0v) is 11.3. The van der Waals surface area contributed by atoms with E-state index < -0.39 is 23.6 Å². The van der Waals surface area contributed by atoms with Crippen LogP contribution < -0.4 is 0 Å². The van der Waals surface area contributed by atoms with E-state index in [2.05, 4.69) is 0 Å². The molecule has 106 valence electrons. The molecule has 0 bridgehead atoms. The van der Waals surface area contributed by atoms with Gasteiger partial charge < -0.3 is 5.11 Å². The lowest BCUT2D eigenvalue weighted by molar-refractivity contribution is 0.177. The van der Waals surface area contributed by atoms with Crippen LogP contribution in [0.4, 0.5) is 13.2 Å². The van der Waals surface area contributed by atoms with Crippen molar-refractivity contribution >= 4 is 0 Å². The molecule has 2 rings (SSSR count).